The van der Waals surface area contributed by atoms with Gasteiger partial charge < -0.3 is 15.8 Å². The van der Waals surface area contributed by atoms with Gasteiger partial charge in [0.2, 0.25) is 5.91 Å². The lowest BCUT2D eigenvalue weighted by Gasteiger charge is -2.06. The van der Waals surface area contributed by atoms with Crippen molar-refractivity contribution >= 4 is 5.91 Å². The highest BCUT2D eigenvalue weighted by atomic mass is 16.5. The molecular formula is C13H18N2O2. The molecule has 0 bridgehead atoms. The molecule has 0 saturated heterocycles. The second-order valence-corrected chi connectivity index (χ2v) is 4.18. The summed E-state index contributed by atoms with van der Waals surface area (Å²) in [5.74, 6) is 1.03. The smallest absolute Gasteiger partial charge is 0.221 e. The van der Waals surface area contributed by atoms with Gasteiger partial charge in [-0.05, 0) is 23.6 Å². The van der Waals surface area contributed by atoms with Crippen LogP contribution in [0.3, 0.4) is 0 Å². The van der Waals surface area contributed by atoms with Crippen LogP contribution < -0.4 is 15.8 Å². The molecule has 4 heteroatoms. The minimum Gasteiger partial charge on any atom is -0.493 e. The van der Waals surface area contributed by atoms with E-state index in [4.69, 9.17) is 10.5 Å². The van der Waals surface area contributed by atoms with Crippen LogP contribution in [0.1, 0.15) is 17.5 Å². The molecule has 17 heavy (non-hydrogen) atoms. The summed E-state index contributed by atoms with van der Waals surface area (Å²) in [5.41, 5.74) is 7.81. The van der Waals surface area contributed by atoms with Crippen molar-refractivity contribution in [2.75, 3.05) is 19.7 Å². The molecule has 0 spiro atoms. The average molecular weight is 234 g/mol. The first-order valence-electron chi connectivity index (χ1n) is 6.01. The van der Waals surface area contributed by atoms with E-state index in [-0.39, 0.29) is 5.91 Å². The zero-order valence-corrected chi connectivity index (χ0v) is 9.87. The van der Waals surface area contributed by atoms with Gasteiger partial charge in [0.05, 0.1) is 6.61 Å². The largest absolute Gasteiger partial charge is 0.493 e. The van der Waals surface area contributed by atoms with Crippen LogP contribution in [0, 0.1) is 0 Å². The topological polar surface area (TPSA) is 64.4 Å². The molecule has 0 unspecified atom stereocenters. The molecule has 3 N–H and O–H groups in total. The second kappa shape index (κ2) is 5.68. The number of fused-ring (bicyclic) bond motifs is 1. The van der Waals surface area contributed by atoms with Gasteiger partial charge in [-0.25, -0.2) is 0 Å². The van der Waals surface area contributed by atoms with E-state index >= 15 is 0 Å². The summed E-state index contributed by atoms with van der Waals surface area (Å²) in [6.07, 6.45) is 2.24. The predicted molar refractivity (Wildman–Crippen MR) is 66.0 cm³/mol. The third-order valence-electron chi connectivity index (χ3n) is 2.86. The van der Waals surface area contributed by atoms with Crippen LogP contribution in [0.2, 0.25) is 0 Å². The Bertz CT molecular complexity index is 404. The number of amides is 1. The Balaban J connectivity index is 1.81. The Morgan fingerprint density at radius 3 is 3.18 bits per heavy atom. The molecule has 2 rings (SSSR count). The number of hydrogen-bond donors (Lipinski definition) is 2. The third kappa shape index (κ3) is 3.20. The van der Waals surface area contributed by atoms with E-state index in [1.54, 1.807) is 0 Å². The highest BCUT2D eigenvalue weighted by Crippen LogP contribution is 2.25. The van der Waals surface area contributed by atoms with Gasteiger partial charge in [0, 0.05) is 25.9 Å². The molecular weight excluding hydrogens is 216 g/mol. The number of carbonyl (C=O) groups is 1. The zero-order chi connectivity index (χ0) is 12.1. The summed E-state index contributed by atoms with van der Waals surface area (Å²) >= 11 is 0. The Morgan fingerprint density at radius 2 is 2.35 bits per heavy atom. The number of rotatable bonds is 5. The fourth-order valence-electron chi connectivity index (χ4n) is 1.96. The van der Waals surface area contributed by atoms with E-state index in [1.807, 2.05) is 6.07 Å². The molecule has 0 atom stereocenters. The summed E-state index contributed by atoms with van der Waals surface area (Å²) in [6.45, 7) is 1.85. The summed E-state index contributed by atoms with van der Waals surface area (Å²) in [6, 6.07) is 6.23. The Kier molecular flexibility index (Phi) is 3.98. The highest BCUT2D eigenvalue weighted by Gasteiger charge is 2.11. The molecule has 1 aliphatic heterocycles. The molecule has 0 radical (unpaired) electrons. The maximum Gasteiger partial charge on any atom is 0.221 e. The Morgan fingerprint density at radius 1 is 1.47 bits per heavy atom. The maximum atomic E-state index is 11.2. The van der Waals surface area contributed by atoms with Crippen molar-refractivity contribution in [1.82, 2.24) is 5.32 Å². The van der Waals surface area contributed by atoms with Crippen molar-refractivity contribution in [3.05, 3.63) is 29.3 Å². The minimum atomic E-state index is 0.0250. The Labute approximate surface area is 101 Å². The number of nitrogens with two attached hydrogens (primary N) is 1. The summed E-state index contributed by atoms with van der Waals surface area (Å²) in [5, 5.41) is 2.85. The van der Waals surface area contributed by atoms with E-state index < -0.39 is 0 Å². The van der Waals surface area contributed by atoms with Crippen LogP contribution in [0.4, 0.5) is 0 Å². The van der Waals surface area contributed by atoms with Gasteiger partial charge in [0.15, 0.2) is 0 Å². The molecule has 0 saturated carbocycles. The van der Waals surface area contributed by atoms with Crippen LogP contribution in [-0.4, -0.2) is 25.6 Å². The molecule has 1 aromatic carbocycles. The quantitative estimate of drug-likeness (QED) is 0.785. The lowest BCUT2D eigenvalue weighted by atomic mass is 10.1. The molecule has 4 nitrogen and oxygen atoms in total. The van der Waals surface area contributed by atoms with Crippen LogP contribution in [0.25, 0.3) is 0 Å². The van der Waals surface area contributed by atoms with Crippen molar-refractivity contribution in [2.45, 2.75) is 19.3 Å². The molecule has 1 aromatic rings. The lowest BCUT2D eigenvalue weighted by Crippen LogP contribution is -2.27. The second-order valence-electron chi connectivity index (χ2n) is 4.18. The van der Waals surface area contributed by atoms with Crippen LogP contribution >= 0.6 is 0 Å². The van der Waals surface area contributed by atoms with E-state index in [9.17, 15) is 4.79 Å². The lowest BCUT2D eigenvalue weighted by molar-refractivity contribution is -0.120. The molecule has 1 amide bonds. The standard InChI is InChI=1S/C13H18N2O2/c14-6-3-13(16)15-7-4-10-1-2-12-11(9-10)5-8-17-12/h1-2,9H,3-8,14H2,(H,15,16). The number of benzene rings is 1. The fraction of sp³-hybridized carbons (Fsp3) is 0.462. The highest BCUT2D eigenvalue weighted by molar-refractivity contribution is 5.76. The van der Waals surface area contributed by atoms with E-state index in [0.717, 1.165) is 25.2 Å². The van der Waals surface area contributed by atoms with Gasteiger partial charge in [-0.3, -0.25) is 4.79 Å². The van der Waals surface area contributed by atoms with E-state index in [2.05, 4.69) is 17.4 Å². The van der Waals surface area contributed by atoms with Gasteiger partial charge in [-0.2, -0.15) is 0 Å². The van der Waals surface area contributed by atoms with Gasteiger partial charge in [0.1, 0.15) is 5.75 Å². The van der Waals surface area contributed by atoms with E-state index in [1.165, 1.54) is 11.1 Å². The third-order valence-corrected chi connectivity index (χ3v) is 2.86. The first-order chi connectivity index (χ1) is 8.29. The average Bonchev–Trinajstić information content (AvgIpc) is 2.76. The van der Waals surface area contributed by atoms with Gasteiger partial charge in [-0.15, -0.1) is 0 Å². The minimum absolute atomic E-state index is 0.0250. The van der Waals surface area contributed by atoms with Crippen LogP contribution in [0.15, 0.2) is 18.2 Å². The number of carbonyl (C=O) groups excluding carboxylic acids is 1. The van der Waals surface area contributed by atoms with Gasteiger partial charge in [-0.1, -0.05) is 12.1 Å². The Hall–Kier alpha value is -1.55. The normalized spacial score (nSPS) is 13.0. The monoisotopic (exact) mass is 234 g/mol. The molecule has 0 aromatic heterocycles. The molecule has 0 aliphatic carbocycles. The summed E-state index contributed by atoms with van der Waals surface area (Å²) in [4.78, 5) is 11.2. The van der Waals surface area contributed by atoms with Crippen molar-refractivity contribution in [1.29, 1.82) is 0 Å². The van der Waals surface area contributed by atoms with Gasteiger partial charge >= 0.3 is 0 Å². The van der Waals surface area contributed by atoms with Crippen LogP contribution in [-0.2, 0) is 17.6 Å². The van der Waals surface area contributed by atoms with Crippen molar-refractivity contribution in [3.8, 4) is 5.75 Å². The predicted octanol–water partition coefficient (Wildman–Crippen LogP) is 0.629. The number of nitrogens with one attached hydrogen (secondary N) is 1. The first kappa shape index (κ1) is 11.9. The molecule has 1 aliphatic rings. The SMILES string of the molecule is NCCC(=O)NCCc1ccc2c(c1)CCO2. The summed E-state index contributed by atoms with van der Waals surface area (Å²) < 4.78 is 5.44. The maximum absolute atomic E-state index is 11.2. The van der Waals surface area contributed by atoms with Crippen molar-refractivity contribution in [2.24, 2.45) is 5.73 Å². The summed E-state index contributed by atoms with van der Waals surface area (Å²) in [7, 11) is 0. The first-order valence-corrected chi connectivity index (χ1v) is 6.01. The number of ether oxygens (including phenoxy) is 1. The molecule has 92 valence electrons. The molecule has 1 heterocycles. The van der Waals surface area contributed by atoms with Crippen molar-refractivity contribution < 1.29 is 9.53 Å². The number of hydrogen-bond acceptors (Lipinski definition) is 3. The zero-order valence-electron chi connectivity index (χ0n) is 9.87. The fourth-order valence-corrected chi connectivity index (χ4v) is 1.96. The van der Waals surface area contributed by atoms with Crippen molar-refractivity contribution in [3.63, 3.8) is 0 Å². The van der Waals surface area contributed by atoms with Crippen LogP contribution in [0.5, 0.6) is 5.75 Å². The molecule has 0 fully saturated rings. The van der Waals surface area contributed by atoms with E-state index in [0.29, 0.717) is 19.5 Å². The van der Waals surface area contributed by atoms with Gasteiger partial charge in [0.25, 0.3) is 0 Å².